The zero-order valence-corrected chi connectivity index (χ0v) is 13.7. The Morgan fingerprint density at radius 1 is 0.850 bits per heavy atom. The predicted molar refractivity (Wildman–Crippen MR) is 80.9 cm³/mol. The molecule has 2 rings (SSSR count). The summed E-state index contributed by atoms with van der Waals surface area (Å²) < 4.78 is 28.6. The van der Waals surface area contributed by atoms with Crippen LogP contribution < -0.4 is 5.32 Å². The van der Waals surface area contributed by atoms with E-state index in [0.29, 0.717) is 26.2 Å². The van der Waals surface area contributed by atoms with Crippen molar-refractivity contribution in [2.75, 3.05) is 52.4 Å². The lowest BCUT2D eigenvalue weighted by molar-refractivity contribution is 0.0898. The molecule has 0 spiro atoms. The van der Waals surface area contributed by atoms with Crippen molar-refractivity contribution in [1.82, 2.24) is 18.8 Å². The number of hydrogen-bond donors (Lipinski definition) is 1. The Bertz CT molecular complexity index is 403. The molecule has 0 atom stereocenters. The molecule has 6 nitrogen and oxygen atoms in total. The Hall–Kier alpha value is -0.210. The zero-order chi connectivity index (χ0) is 14.8. The molecule has 7 heteroatoms. The van der Waals surface area contributed by atoms with Gasteiger partial charge in [0.15, 0.2) is 0 Å². The summed E-state index contributed by atoms with van der Waals surface area (Å²) in [5, 5.41) is 3.25. The van der Waals surface area contributed by atoms with Gasteiger partial charge in [-0.1, -0.05) is 0 Å². The highest BCUT2D eigenvalue weighted by Gasteiger charge is 2.34. The summed E-state index contributed by atoms with van der Waals surface area (Å²) >= 11 is 0. The summed E-state index contributed by atoms with van der Waals surface area (Å²) in [6, 6.07) is 0. The molecule has 0 amide bonds. The van der Waals surface area contributed by atoms with Crippen LogP contribution in [0.4, 0.5) is 0 Å². The fourth-order valence-corrected chi connectivity index (χ4v) is 4.44. The molecule has 118 valence electrons. The van der Waals surface area contributed by atoms with Gasteiger partial charge in [0, 0.05) is 51.4 Å². The molecule has 0 aliphatic carbocycles. The van der Waals surface area contributed by atoms with E-state index in [1.165, 1.54) is 0 Å². The van der Waals surface area contributed by atoms with Crippen molar-refractivity contribution < 1.29 is 8.42 Å². The maximum Gasteiger partial charge on any atom is 0.282 e. The van der Waals surface area contributed by atoms with Crippen LogP contribution in [0, 0.1) is 0 Å². The lowest BCUT2D eigenvalue weighted by atomic mass is 10.1. The van der Waals surface area contributed by atoms with E-state index >= 15 is 0 Å². The summed E-state index contributed by atoms with van der Waals surface area (Å²) in [6.07, 6.45) is 0.890. The van der Waals surface area contributed by atoms with Crippen molar-refractivity contribution in [2.45, 2.75) is 32.7 Å². The third-order valence-electron chi connectivity index (χ3n) is 4.14. The van der Waals surface area contributed by atoms with E-state index in [2.05, 4.69) is 31.0 Å². The van der Waals surface area contributed by atoms with Crippen molar-refractivity contribution in [2.24, 2.45) is 0 Å². The van der Waals surface area contributed by atoms with E-state index in [1.54, 1.807) is 8.61 Å². The number of rotatable bonds is 2. The van der Waals surface area contributed by atoms with Gasteiger partial charge in [0.1, 0.15) is 0 Å². The predicted octanol–water partition coefficient (Wildman–Crippen LogP) is -0.0574. The lowest BCUT2D eigenvalue weighted by Gasteiger charge is -2.42. The average molecular weight is 304 g/mol. The molecule has 2 saturated heterocycles. The van der Waals surface area contributed by atoms with E-state index in [9.17, 15) is 8.42 Å². The molecule has 0 radical (unpaired) electrons. The zero-order valence-electron chi connectivity index (χ0n) is 12.9. The Morgan fingerprint density at radius 2 is 1.45 bits per heavy atom. The molecule has 1 N–H and O–H groups in total. The standard InChI is InChI=1S/C13H28N4O2S/c1-13(2,3)15-9-11-17(12-10-15)20(18,19)16-7-4-5-14-6-8-16/h14H,4-12H2,1-3H3. The smallest absolute Gasteiger partial charge is 0.282 e. The number of nitrogens with zero attached hydrogens (tertiary/aromatic N) is 3. The second-order valence-corrected chi connectivity index (χ2v) is 8.50. The van der Waals surface area contributed by atoms with Gasteiger partial charge < -0.3 is 5.32 Å². The molecule has 0 aromatic heterocycles. The van der Waals surface area contributed by atoms with Gasteiger partial charge in [-0.15, -0.1) is 0 Å². The lowest BCUT2D eigenvalue weighted by Crippen LogP contribution is -2.57. The molecule has 20 heavy (non-hydrogen) atoms. The molecule has 0 unspecified atom stereocenters. The fourth-order valence-electron chi connectivity index (χ4n) is 2.80. The first-order chi connectivity index (χ1) is 9.32. The summed E-state index contributed by atoms with van der Waals surface area (Å²) in [4.78, 5) is 2.35. The second kappa shape index (κ2) is 6.27. The van der Waals surface area contributed by atoms with Gasteiger partial charge in [-0.05, 0) is 33.7 Å². The molecule has 0 aromatic carbocycles. The van der Waals surface area contributed by atoms with Crippen LogP contribution in [0.25, 0.3) is 0 Å². The van der Waals surface area contributed by atoms with E-state index < -0.39 is 10.2 Å². The fraction of sp³-hybridized carbons (Fsp3) is 1.00. The van der Waals surface area contributed by atoms with Crippen LogP contribution in [0.1, 0.15) is 27.2 Å². The van der Waals surface area contributed by atoms with Crippen LogP contribution in [0.2, 0.25) is 0 Å². The summed E-state index contributed by atoms with van der Waals surface area (Å²) in [6.45, 7) is 12.2. The van der Waals surface area contributed by atoms with Crippen LogP contribution in [0.3, 0.4) is 0 Å². The van der Waals surface area contributed by atoms with Crippen LogP contribution in [-0.2, 0) is 10.2 Å². The summed E-state index contributed by atoms with van der Waals surface area (Å²) in [5.74, 6) is 0. The topological polar surface area (TPSA) is 55.9 Å². The number of piperazine rings is 1. The SMILES string of the molecule is CC(C)(C)N1CCN(S(=O)(=O)N2CCCNCC2)CC1. The highest BCUT2D eigenvalue weighted by atomic mass is 32.2. The Balaban J connectivity index is 1.98. The first-order valence-corrected chi connectivity index (χ1v) is 8.92. The molecule has 0 bridgehead atoms. The third kappa shape index (κ3) is 3.71. The van der Waals surface area contributed by atoms with Gasteiger partial charge in [0.25, 0.3) is 10.2 Å². The first-order valence-electron chi connectivity index (χ1n) is 7.53. The van der Waals surface area contributed by atoms with Gasteiger partial charge in [0.05, 0.1) is 0 Å². The van der Waals surface area contributed by atoms with Crippen molar-refractivity contribution in [3.63, 3.8) is 0 Å². The number of nitrogens with one attached hydrogen (secondary N) is 1. The quantitative estimate of drug-likeness (QED) is 0.777. The highest BCUT2D eigenvalue weighted by Crippen LogP contribution is 2.19. The van der Waals surface area contributed by atoms with Crippen molar-refractivity contribution >= 4 is 10.2 Å². The maximum absolute atomic E-state index is 12.7. The minimum absolute atomic E-state index is 0.113. The molecule has 2 heterocycles. The van der Waals surface area contributed by atoms with Crippen LogP contribution in [0.5, 0.6) is 0 Å². The normalized spacial score (nSPS) is 25.6. The van der Waals surface area contributed by atoms with Gasteiger partial charge >= 0.3 is 0 Å². The molecule has 2 aliphatic rings. The maximum atomic E-state index is 12.7. The molecule has 0 saturated carbocycles. The summed E-state index contributed by atoms with van der Waals surface area (Å²) in [5.41, 5.74) is 0.113. The largest absolute Gasteiger partial charge is 0.315 e. The van der Waals surface area contributed by atoms with E-state index in [0.717, 1.165) is 32.6 Å². The Kier molecular flexibility index (Phi) is 5.07. The van der Waals surface area contributed by atoms with E-state index in [4.69, 9.17) is 0 Å². The van der Waals surface area contributed by atoms with Gasteiger partial charge in [-0.3, -0.25) is 4.90 Å². The summed E-state index contributed by atoms with van der Waals surface area (Å²) in [7, 11) is -3.28. The highest BCUT2D eigenvalue weighted by molar-refractivity contribution is 7.86. The second-order valence-electron chi connectivity index (χ2n) is 6.57. The Labute approximate surface area is 123 Å². The minimum atomic E-state index is -3.28. The van der Waals surface area contributed by atoms with Crippen molar-refractivity contribution in [3.8, 4) is 0 Å². The molecule has 0 aromatic rings. The van der Waals surface area contributed by atoms with Crippen molar-refractivity contribution in [1.29, 1.82) is 0 Å². The van der Waals surface area contributed by atoms with Crippen LogP contribution in [0.15, 0.2) is 0 Å². The minimum Gasteiger partial charge on any atom is -0.315 e. The van der Waals surface area contributed by atoms with E-state index in [1.807, 2.05) is 0 Å². The number of hydrogen-bond acceptors (Lipinski definition) is 4. The molecule has 2 fully saturated rings. The van der Waals surface area contributed by atoms with Gasteiger partial charge in [0.2, 0.25) is 0 Å². The molecular formula is C13H28N4O2S. The van der Waals surface area contributed by atoms with Crippen molar-refractivity contribution in [3.05, 3.63) is 0 Å². The molecule has 2 aliphatic heterocycles. The van der Waals surface area contributed by atoms with Gasteiger partial charge in [-0.2, -0.15) is 17.0 Å². The van der Waals surface area contributed by atoms with Crippen LogP contribution in [-0.4, -0.2) is 79.8 Å². The Morgan fingerprint density at radius 3 is 2.05 bits per heavy atom. The third-order valence-corrected chi connectivity index (χ3v) is 6.17. The first kappa shape index (κ1) is 16.2. The molecular weight excluding hydrogens is 276 g/mol. The van der Waals surface area contributed by atoms with Crippen LogP contribution >= 0.6 is 0 Å². The van der Waals surface area contributed by atoms with Gasteiger partial charge in [-0.25, -0.2) is 0 Å². The van der Waals surface area contributed by atoms with E-state index in [-0.39, 0.29) is 5.54 Å². The average Bonchev–Trinajstić information content (AvgIpc) is 2.67. The monoisotopic (exact) mass is 304 g/mol.